The van der Waals surface area contributed by atoms with Crippen LogP contribution in [0.1, 0.15) is 12.8 Å². The van der Waals surface area contributed by atoms with E-state index in [1.807, 2.05) is 0 Å². The Hall–Kier alpha value is -1.46. The number of esters is 1. The third kappa shape index (κ3) is 1.68. The molecule has 1 N–H and O–H groups in total. The van der Waals surface area contributed by atoms with Crippen molar-refractivity contribution in [1.29, 1.82) is 0 Å². The van der Waals surface area contributed by atoms with E-state index in [-0.39, 0.29) is 12.2 Å². The summed E-state index contributed by atoms with van der Waals surface area (Å²) >= 11 is 0. The van der Waals surface area contributed by atoms with Crippen LogP contribution in [0, 0.1) is 0 Å². The Bertz CT molecular complexity index is 379. The summed E-state index contributed by atoms with van der Waals surface area (Å²) in [4.78, 5) is 22.3. The molecule has 0 saturated carbocycles. The molecule has 1 fully saturated rings. The number of hydrogen-bond acceptors (Lipinski definition) is 5. The lowest BCUT2D eigenvalue weighted by Gasteiger charge is -2.26. The topological polar surface area (TPSA) is 72.8 Å². The number of ether oxygens (including phenoxy) is 2. The SMILES string of the molecule is COC(=O)C1(O)CCC2(C=CC(=O)C=C2)O1. The van der Waals surface area contributed by atoms with Crippen molar-refractivity contribution in [3.63, 3.8) is 0 Å². The average Bonchev–Trinajstić information content (AvgIpc) is 2.62. The van der Waals surface area contributed by atoms with Gasteiger partial charge in [0, 0.05) is 6.42 Å². The van der Waals surface area contributed by atoms with Crippen LogP contribution >= 0.6 is 0 Å². The van der Waals surface area contributed by atoms with E-state index in [9.17, 15) is 14.7 Å². The third-order valence-electron chi connectivity index (χ3n) is 2.78. The number of hydrogen-bond donors (Lipinski definition) is 1. The summed E-state index contributed by atoms with van der Waals surface area (Å²) in [5.74, 6) is -2.87. The number of carbonyl (C=O) groups excluding carboxylic acids is 2. The third-order valence-corrected chi connectivity index (χ3v) is 2.78. The molecule has 1 unspecified atom stereocenters. The lowest BCUT2D eigenvalue weighted by atomic mass is 9.94. The molecule has 0 aromatic rings. The maximum atomic E-state index is 11.3. The van der Waals surface area contributed by atoms with E-state index in [1.54, 1.807) is 12.2 Å². The van der Waals surface area contributed by atoms with Crippen LogP contribution in [0.25, 0.3) is 0 Å². The summed E-state index contributed by atoms with van der Waals surface area (Å²) in [6.45, 7) is 0. The van der Waals surface area contributed by atoms with Crippen LogP contribution in [0.3, 0.4) is 0 Å². The van der Waals surface area contributed by atoms with Gasteiger partial charge in [-0.25, -0.2) is 4.79 Å². The zero-order chi connectivity index (χ0) is 11.8. The molecule has 0 bridgehead atoms. The molecule has 86 valence electrons. The van der Waals surface area contributed by atoms with Gasteiger partial charge in [0.05, 0.1) is 7.11 Å². The fourth-order valence-corrected chi connectivity index (χ4v) is 1.88. The molecule has 1 spiro atoms. The van der Waals surface area contributed by atoms with E-state index in [1.165, 1.54) is 19.3 Å². The van der Waals surface area contributed by atoms with Crippen LogP contribution in [0.4, 0.5) is 0 Å². The molecule has 2 aliphatic rings. The smallest absolute Gasteiger partial charge is 0.366 e. The van der Waals surface area contributed by atoms with Gasteiger partial charge in [0.15, 0.2) is 5.78 Å². The molecule has 0 aromatic heterocycles. The van der Waals surface area contributed by atoms with Gasteiger partial charge >= 0.3 is 5.97 Å². The lowest BCUT2D eigenvalue weighted by molar-refractivity contribution is -0.224. The van der Waals surface area contributed by atoms with Gasteiger partial charge in [-0.15, -0.1) is 0 Å². The molecule has 2 rings (SSSR count). The molecule has 16 heavy (non-hydrogen) atoms. The number of rotatable bonds is 1. The number of allylic oxidation sites excluding steroid dienone is 2. The van der Waals surface area contributed by atoms with Gasteiger partial charge in [0.25, 0.3) is 5.79 Å². The van der Waals surface area contributed by atoms with E-state index in [0.29, 0.717) is 6.42 Å². The minimum absolute atomic E-state index is 0.136. The molecule has 5 heteroatoms. The molecule has 1 heterocycles. The van der Waals surface area contributed by atoms with Crippen molar-refractivity contribution >= 4 is 11.8 Å². The van der Waals surface area contributed by atoms with Gasteiger partial charge in [-0.1, -0.05) is 0 Å². The predicted molar refractivity (Wildman–Crippen MR) is 53.3 cm³/mol. The zero-order valence-electron chi connectivity index (χ0n) is 8.80. The summed E-state index contributed by atoms with van der Waals surface area (Å²) in [5, 5.41) is 9.89. The van der Waals surface area contributed by atoms with E-state index in [2.05, 4.69) is 4.74 Å². The highest BCUT2D eigenvalue weighted by atomic mass is 16.7. The van der Waals surface area contributed by atoms with E-state index < -0.39 is 17.4 Å². The Kier molecular flexibility index (Phi) is 2.44. The fourth-order valence-electron chi connectivity index (χ4n) is 1.88. The molecule has 0 radical (unpaired) electrons. The maximum Gasteiger partial charge on any atom is 0.366 e. The zero-order valence-corrected chi connectivity index (χ0v) is 8.80. The van der Waals surface area contributed by atoms with E-state index >= 15 is 0 Å². The van der Waals surface area contributed by atoms with Crippen molar-refractivity contribution in [2.45, 2.75) is 24.2 Å². The van der Waals surface area contributed by atoms with Crippen LogP contribution in [-0.2, 0) is 19.1 Å². The first kappa shape index (κ1) is 11.0. The van der Waals surface area contributed by atoms with Gasteiger partial charge in [0.2, 0.25) is 0 Å². The van der Waals surface area contributed by atoms with Crippen LogP contribution in [0.5, 0.6) is 0 Å². The highest BCUT2D eigenvalue weighted by molar-refractivity contribution is 6.00. The number of methoxy groups -OCH3 is 1. The summed E-state index contributed by atoms with van der Waals surface area (Å²) in [5.41, 5.74) is -0.864. The van der Waals surface area contributed by atoms with E-state index in [0.717, 1.165) is 0 Å². The van der Waals surface area contributed by atoms with E-state index in [4.69, 9.17) is 4.74 Å². The first-order valence-electron chi connectivity index (χ1n) is 4.93. The second-order valence-electron chi connectivity index (χ2n) is 3.90. The van der Waals surface area contributed by atoms with Gasteiger partial charge in [-0.2, -0.15) is 0 Å². The fraction of sp³-hybridized carbons (Fsp3) is 0.455. The molecular weight excluding hydrogens is 212 g/mol. The van der Waals surface area contributed by atoms with Crippen LogP contribution < -0.4 is 0 Å². The Morgan fingerprint density at radius 3 is 2.62 bits per heavy atom. The number of carbonyl (C=O) groups is 2. The van der Waals surface area contributed by atoms with Gasteiger partial charge in [-0.05, 0) is 30.7 Å². The maximum absolute atomic E-state index is 11.3. The Morgan fingerprint density at radius 2 is 2.06 bits per heavy atom. The second kappa shape index (κ2) is 3.54. The van der Waals surface area contributed by atoms with Crippen LogP contribution in [-0.4, -0.2) is 35.4 Å². The molecule has 0 amide bonds. The Labute approximate surface area is 92.3 Å². The Morgan fingerprint density at radius 1 is 1.44 bits per heavy atom. The largest absolute Gasteiger partial charge is 0.465 e. The summed E-state index contributed by atoms with van der Waals surface area (Å²) in [7, 11) is 1.19. The van der Waals surface area contributed by atoms with Crippen LogP contribution in [0.2, 0.25) is 0 Å². The van der Waals surface area contributed by atoms with Gasteiger partial charge < -0.3 is 14.6 Å². The number of ketones is 1. The molecule has 0 aromatic carbocycles. The standard InChI is InChI=1S/C11H12O5/c1-15-9(13)11(14)7-6-10(16-11)4-2-8(12)3-5-10/h2-5,14H,6-7H2,1H3. The van der Waals surface area contributed by atoms with Crippen molar-refractivity contribution in [3.05, 3.63) is 24.3 Å². The van der Waals surface area contributed by atoms with Crippen molar-refractivity contribution in [2.24, 2.45) is 0 Å². The molecule has 1 atom stereocenters. The minimum atomic E-state index is -1.91. The molecule has 5 nitrogen and oxygen atoms in total. The second-order valence-corrected chi connectivity index (χ2v) is 3.90. The monoisotopic (exact) mass is 224 g/mol. The highest BCUT2D eigenvalue weighted by Gasteiger charge is 2.52. The Balaban J connectivity index is 2.20. The molecular formula is C11H12O5. The first-order chi connectivity index (χ1) is 7.50. The average molecular weight is 224 g/mol. The predicted octanol–water partition coefficient (Wildman–Crippen LogP) is 0.0923. The summed E-state index contributed by atoms with van der Waals surface area (Å²) in [6.07, 6.45) is 6.40. The van der Waals surface area contributed by atoms with Crippen molar-refractivity contribution < 1.29 is 24.2 Å². The normalized spacial score (nSPS) is 31.0. The van der Waals surface area contributed by atoms with Gasteiger partial charge in [-0.3, -0.25) is 4.79 Å². The van der Waals surface area contributed by atoms with Crippen molar-refractivity contribution in [2.75, 3.05) is 7.11 Å². The van der Waals surface area contributed by atoms with Crippen molar-refractivity contribution in [1.82, 2.24) is 0 Å². The summed E-state index contributed by atoms with van der Waals surface area (Å²) < 4.78 is 9.80. The van der Waals surface area contributed by atoms with Crippen molar-refractivity contribution in [3.8, 4) is 0 Å². The van der Waals surface area contributed by atoms with Gasteiger partial charge in [0.1, 0.15) is 5.60 Å². The molecule has 1 saturated heterocycles. The summed E-state index contributed by atoms with van der Waals surface area (Å²) in [6, 6.07) is 0. The highest BCUT2D eigenvalue weighted by Crippen LogP contribution is 2.40. The molecule has 1 aliphatic heterocycles. The minimum Gasteiger partial charge on any atom is -0.465 e. The quantitative estimate of drug-likeness (QED) is 0.639. The first-order valence-corrected chi connectivity index (χ1v) is 4.93. The van der Waals surface area contributed by atoms with Crippen LogP contribution in [0.15, 0.2) is 24.3 Å². The lowest BCUT2D eigenvalue weighted by Crippen LogP contribution is -2.42. The number of aliphatic hydroxyl groups is 1. The molecule has 1 aliphatic carbocycles.